The van der Waals surface area contributed by atoms with Gasteiger partial charge in [-0.15, -0.1) is 40.5 Å². The summed E-state index contributed by atoms with van der Waals surface area (Å²) < 4.78 is 1.18. The first-order valence-electron chi connectivity index (χ1n) is 16.9. The van der Waals surface area contributed by atoms with E-state index in [1.165, 1.54) is 43.3 Å². The average molecular weight is 824 g/mol. The summed E-state index contributed by atoms with van der Waals surface area (Å²) in [6.45, 7) is 14.9. The fraction of sp³-hybridized carbons (Fsp3) is 0.390. The van der Waals surface area contributed by atoms with E-state index in [4.69, 9.17) is 9.97 Å². The topological polar surface area (TPSA) is 63.1 Å². The number of aromatic nitrogens is 2. The summed E-state index contributed by atoms with van der Waals surface area (Å²) in [7, 11) is 0. The third-order valence-electron chi connectivity index (χ3n) is 9.39. The van der Waals surface area contributed by atoms with E-state index in [9.17, 15) is 9.90 Å². The van der Waals surface area contributed by atoms with Crippen LogP contribution in [0.1, 0.15) is 90.8 Å². The van der Waals surface area contributed by atoms with Gasteiger partial charge in [-0.3, -0.25) is 9.78 Å². The molecule has 0 atom stereocenters. The number of allylic oxidation sites excluding steroid dienone is 2. The number of aryl methyl sites for hydroxylation is 2. The minimum Gasteiger partial charge on any atom is -0.512 e. The van der Waals surface area contributed by atoms with Gasteiger partial charge < -0.3 is 5.11 Å². The number of rotatable bonds is 8. The summed E-state index contributed by atoms with van der Waals surface area (Å²) >= 11 is 1.84. The number of hydrogen-bond acceptors (Lipinski definition) is 5. The van der Waals surface area contributed by atoms with Gasteiger partial charge in [-0.05, 0) is 60.6 Å². The molecule has 0 saturated heterocycles. The molecule has 1 aliphatic rings. The summed E-state index contributed by atoms with van der Waals surface area (Å²) in [5.41, 5.74) is 8.69. The van der Waals surface area contributed by atoms with E-state index < -0.39 is 0 Å². The molecule has 5 aromatic rings. The number of hydrogen-bond donors (Lipinski definition) is 1. The van der Waals surface area contributed by atoms with Crippen molar-refractivity contribution < 1.29 is 30.0 Å². The molecule has 4 nitrogen and oxygen atoms in total. The molecule has 3 aromatic carbocycles. The molecule has 0 fully saturated rings. The molecule has 1 radical (unpaired) electrons. The van der Waals surface area contributed by atoms with Crippen LogP contribution in [0.3, 0.4) is 0 Å². The van der Waals surface area contributed by atoms with Crippen molar-refractivity contribution in [3.63, 3.8) is 0 Å². The van der Waals surface area contributed by atoms with E-state index in [0.717, 1.165) is 60.7 Å². The van der Waals surface area contributed by atoms with Crippen molar-refractivity contribution in [2.75, 3.05) is 0 Å². The van der Waals surface area contributed by atoms with Gasteiger partial charge in [0.2, 0.25) is 0 Å². The van der Waals surface area contributed by atoms with Crippen molar-refractivity contribution in [3.05, 3.63) is 95.5 Å². The maximum Gasteiger partial charge on any atom is 0.162 e. The van der Waals surface area contributed by atoms with Crippen molar-refractivity contribution >= 4 is 38.1 Å². The molecule has 249 valence electrons. The Bertz CT molecular complexity index is 1880. The number of carbonyl (C=O) groups is 1. The van der Waals surface area contributed by atoms with Crippen molar-refractivity contribution in [2.24, 2.45) is 11.8 Å². The molecule has 47 heavy (non-hydrogen) atoms. The van der Waals surface area contributed by atoms with Gasteiger partial charge in [-0.2, -0.15) is 0 Å². The smallest absolute Gasteiger partial charge is 0.162 e. The maximum atomic E-state index is 11.7. The average Bonchev–Trinajstić information content (AvgIpc) is 3.45. The number of nitrogens with zero attached hydrogens (tertiary/aromatic N) is 2. The standard InChI is InChI=1S/C28H23N2S.C13H24O2.Ir/c1-28(2,3)23-15-19(14-18-9-5-6-10-20(18)23)24-27-25(30-16-29-24)22-13-12-17-8-4-7-11-21(17)26(22)31-27;1-5-10(6-2)12(14)9-13(15)11(7-3)8-4;/h4-11,15-16H,12-13H2,1-3H3;9-11,14H,5-8H2,1-4H3;/q-1;;/b;12-9-;. The molecule has 0 amide bonds. The Hall–Kier alpha value is -3.18. The van der Waals surface area contributed by atoms with Crippen molar-refractivity contribution in [1.29, 1.82) is 0 Å². The Morgan fingerprint density at radius 1 is 0.936 bits per heavy atom. The van der Waals surface area contributed by atoms with E-state index in [0.29, 0.717) is 0 Å². The summed E-state index contributed by atoms with van der Waals surface area (Å²) in [4.78, 5) is 22.6. The third-order valence-corrected chi connectivity index (χ3v) is 10.7. The predicted molar refractivity (Wildman–Crippen MR) is 195 cm³/mol. The van der Waals surface area contributed by atoms with Crippen LogP contribution in [-0.4, -0.2) is 20.9 Å². The maximum absolute atomic E-state index is 11.7. The van der Waals surface area contributed by atoms with Crippen LogP contribution in [0.15, 0.2) is 72.8 Å². The van der Waals surface area contributed by atoms with Crippen LogP contribution in [0.2, 0.25) is 0 Å². The number of aliphatic hydroxyl groups excluding tert-OH is 1. The monoisotopic (exact) mass is 824 g/mol. The summed E-state index contributed by atoms with van der Waals surface area (Å²) in [6.07, 6.45) is 8.75. The number of benzene rings is 3. The largest absolute Gasteiger partial charge is 0.512 e. The minimum atomic E-state index is 0. The van der Waals surface area contributed by atoms with E-state index in [1.807, 2.05) is 39.0 Å². The predicted octanol–water partition coefficient (Wildman–Crippen LogP) is 11.2. The summed E-state index contributed by atoms with van der Waals surface area (Å²) in [6, 6.07) is 23.3. The van der Waals surface area contributed by atoms with Crippen molar-refractivity contribution in [1.82, 2.24) is 9.97 Å². The second kappa shape index (κ2) is 15.8. The van der Waals surface area contributed by atoms with E-state index >= 15 is 0 Å². The molecule has 1 aliphatic carbocycles. The van der Waals surface area contributed by atoms with E-state index in [-0.39, 0.29) is 48.9 Å². The second-order valence-electron chi connectivity index (χ2n) is 13.4. The second-order valence-corrected chi connectivity index (χ2v) is 14.4. The molecular formula is C41H47IrN2O2S-. The number of thiophene rings is 1. The summed E-state index contributed by atoms with van der Waals surface area (Å²) in [5, 5.41) is 12.2. The van der Waals surface area contributed by atoms with Gasteiger partial charge in [0.05, 0.1) is 11.3 Å². The number of ketones is 1. The quantitative estimate of drug-likeness (QED) is 0.0962. The Kier molecular flexibility index (Phi) is 12.3. The van der Waals surface area contributed by atoms with Gasteiger partial charge in [0.25, 0.3) is 0 Å². The molecular weight excluding hydrogens is 777 g/mol. The first-order chi connectivity index (χ1) is 22.1. The zero-order chi connectivity index (χ0) is 33.0. The molecule has 0 spiro atoms. The minimum absolute atomic E-state index is 0. The summed E-state index contributed by atoms with van der Waals surface area (Å²) in [5.74, 6) is 0.547. The Morgan fingerprint density at radius 3 is 2.28 bits per heavy atom. The molecule has 0 aliphatic heterocycles. The molecule has 0 saturated carbocycles. The SMILES string of the molecule is CC(C)(C)c1cc(-c2ncnc3c4c(sc23)-c2ccccc2CC4)[c-]c2ccccc12.CCC(CC)C(=O)/C=C(\O)C(CC)CC.[Ir]. The van der Waals surface area contributed by atoms with Crippen molar-refractivity contribution in [3.8, 4) is 21.7 Å². The van der Waals surface area contributed by atoms with Crippen molar-refractivity contribution in [2.45, 2.75) is 92.4 Å². The normalized spacial score (nSPS) is 12.8. The van der Waals surface area contributed by atoms with Crippen LogP contribution in [0, 0.1) is 17.9 Å². The van der Waals surface area contributed by atoms with E-state index in [2.05, 4.69) is 81.4 Å². The first-order valence-corrected chi connectivity index (χ1v) is 17.7. The fourth-order valence-corrected chi connectivity index (χ4v) is 7.94. The molecule has 1 N–H and O–H groups in total. The Balaban J connectivity index is 0.000000269. The van der Waals surface area contributed by atoms with Gasteiger partial charge in [-0.25, -0.2) is 4.98 Å². The van der Waals surface area contributed by atoms with Crippen LogP contribution < -0.4 is 0 Å². The zero-order valence-corrected chi connectivity index (χ0v) is 32.0. The Morgan fingerprint density at radius 2 is 1.60 bits per heavy atom. The molecule has 2 aromatic heterocycles. The van der Waals surface area contributed by atoms with Crippen LogP contribution in [0.25, 0.3) is 42.7 Å². The van der Waals surface area contributed by atoms with Crippen LogP contribution in [0.4, 0.5) is 0 Å². The first kappa shape index (κ1) is 36.7. The molecule has 6 heteroatoms. The third kappa shape index (κ3) is 7.77. The molecule has 0 unspecified atom stereocenters. The van der Waals surface area contributed by atoms with Gasteiger partial charge >= 0.3 is 0 Å². The fourth-order valence-electron chi connectivity index (χ4n) is 6.58. The Labute approximate surface area is 298 Å². The molecule has 0 bridgehead atoms. The van der Waals surface area contributed by atoms with Crippen LogP contribution in [-0.2, 0) is 43.2 Å². The number of fused-ring (bicyclic) bond motifs is 6. The van der Waals surface area contributed by atoms with Gasteiger partial charge in [0.15, 0.2) is 5.78 Å². The number of carbonyl (C=O) groups excluding carboxylic acids is 1. The molecule has 2 heterocycles. The van der Waals surface area contributed by atoms with Gasteiger partial charge in [0, 0.05) is 53.3 Å². The van der Waals surface area contributed by atoms with Gasteiger partial charge in [-0.1, -0.05) is 102 Å². The number of aliphatic hydroxyl groups is 1. The zero-order valence-electron chi connectivity index (χ0n) is 28.7. The van der Waals surface area contributed by atoms with E-state index in [1.54, 1.807) is 6.33 Å². The van der Waals surface area contributed by atoms with Crippen LogP contribution in [0.5, 0.6) is 0 Å². The van der Waals surface area contributed by atoms with Gasteiger partial charge in [0.1, 0.15) is 6.33 Å². The van der Waals surface area contributed by atoms with Crippen LogP contribution >= 0.6 is 11.3 Å². The molecule has 6 rings (SSSR count).